The van der Waals surface area contributed by atoms with Gasteiger partial charge in [0.2, 0.25) is 0 Å². The summed E-state index contributed by atoms with van der Waals surface area (Å²) >= 11 is 0.977. The predicted molar refractivity (Wildman–Crippen MR) is 27.7 cm³/mol. The van der Waals surface area contributed by atoms with Gasteiger partial charge in [-0.15, -0.1) is 0 Å². The Hall–Kier alpha value is -0.690. The molecule has 0 atom stereocenters. The van der Waals surface area contributed by atoms with Crippen LogP contribution in [0.3, 0.4) is 0 Å². The average Bonchev–Trinajstić information content (AvgIpc) is 1.68. The van der Waals surface area contributed by atoms with Crippen molar-refractivity contribution in [2.75, 3.05) is 6.26 Å². The van der Waals surface area contributed by atoms with Gasteiger partial charge in [-0.2, -0.15) is 5.26 Å². The lowest BCUT2D eigenvalue weighted by Crippen LogP contribution is -2.09. The molecule has 0 saturated heterocycles. The zero-order valence-corrected chi connectivity index (χ0v) is 4.58. The third-order valence-electron chi connectivity index (χ3n) is 0.343. The molecule has 1 N–H and O–H groups in total. The largest absolute Gasteiger partial charge is 0.291 e. The van der Waals surface area contributed by atoms with Gasteiger partial charge in [-0.05, 0) is 6.26 Å². The van der Waals surface area contributed by atoms with Crippen LogP contribution in [0.15, 0.2) is 0 Å². The van der Waals surface area contributed by atoms with E-state index in [2.05, 4.69) is 0 Å². The van der Waals surface area contributed by atoms with Crippen LogP contribution in [-0.4, -0.2) is 11.5 Å². The van der Waals surface area contributed by atoms with Crippen LogP contribution >= 0.6 is 11.8 Å². The van der Waals surface area contributed by atoms with Crippen LogP contribution in [-0.2, 0) is 0 Å². The second-order valence-electron chi connectivity index (χ2n) is 0.728. The molecular formula is C3H4N2OS. The third-order valence-corrected chi connectivity index (χ3v) is 0.816. The fourth-order valence-corrected chi connectivity index (χ4v) is 0.244. The summed E-state index contributed by atoms with van der Waals surface area (Å²) in [6.07, 6.45) is 3.10. The van der Waals surface area contributed by atoms with Crippen molar-refractivity contribution in [2.45, 2.75) is 0 Å². The number of nitrogens with zero attached hydrogens (tertiary/aromatic N) is 1. The van der Waals surface area contributed by atoms with Gasteiger partial charge in [-0.3, -0.25) is 10.1 Å². The molecule has 0 saturated carbocycles. The molecule has 0 unspecified atom stereocenters. The first-order chi connectivity index (χ1) is 3.31. The maximum Gasteiger partial charge on any atom is 0.291 e. The molecule has 0 aliphatic carbocycles. The molecule has 0 fully saturated rings. The molecule has 0 aromatic heterocycles. The monoisotopic (exact) mass is 116 g/mol. The molecule has 3 nitrogen and oxygen atoms in total. The van der Waals surface area contributed by atoms with Crippen LogP contribution in [0.2, 0.25) is 0 Å². The Morgan fingerprint density at radius 3 is 2.71 bits per heavy atom. The molecule has 0 rings (SSSR count). The highest BCUT2D eigenvalue weighted by molar-refractivity contribution is 8.12. The van der Waals surface area contributed by atoms with Crippen molar-refractivity contribution >= 4 is 17.0 Å². The van der Waals surface area contributed by atoms with Gasteiger partial charge in [0.1, 0.15) is 0 Å². The molecule has 0 heterocycles. The van der Waals surface area contributed by atoms with Crippen LogP contribution in [0.4, 0.5) is 4.79 Å². The summed E-state index contributed by atoms with van der Waals surface area (Å²) in [4.78, 5) is 10.0. The highest BCUT2D eigenvalue weighted by Crippen LogP contribution is 1.89. The third kappa shape index (κ3) is 3.13. The van der Waals surface area contributed by atoms with Crippen LogP contribution in [0.5, 0.6) is 0 Å². The highest BCUT2D eigenvalue weighted by atomic mass is 32.2. The fourth-order valence-electron chi connectivity index (χ4n) is 0.0967. The summed E-state index contributed by atoms with van der Waals surface area (Å²) in [5, 5.41) is 9.38. The highest BCUT2D eigenvalue weighted by Gasteiger charge is 1.89. The number of amides is 1. The number of hydrogen-bond acceptors (Lipinski definition) is 3. The molecule has 0 bridgehead atoms. The first-order valence-corrected chi connectivity index (χ1v) is 2.76. The minimum Gasteiger partial charge on any atom is -0.261 e. The number of carbonyl (C=O) groups is 1. The van der Waals surface area contributed by atoms with Crippen LogP contribution < -0.4 is 5.32 Å². The Bertz CT molecular complexity index is 106. The van der Waals surface area contributed by atoms with E-state index in [1.54, 1.807) is 6.26 Å². The Morgan fingerprint density at radius 2 is 2.57 bits per heavy atom. The Kier molecular flexibility index (Phi) is 3.15. The lowest BCUT2D eigenvalue weighted by atomic mass is 11.2. The summed E-state index contributed by atoms with van der Waals surface area (Å²) < 4.78 is 0. The van der Waals surface area contributed by atoms with Gasteiger partial charge in [0.15, 0.2) is 6.19 Å². The fraction of sp³-hybridized carbons (Fsp3) is 0.333. The first kappa shape index (κ1) is 6.31. The van der Waals surface area contributed by atoms with Crippen molar-refractivity contribution < 1.29 is 4.79 Å². The van der Waals surface area contributed by atoms with Gasteiger partial charge in [-0.25, -0.2) is 0 Å². The van der Waals surface area contributed by atoms with Gasteiger partial charge in [0.25, 0.3) is 5.24 Å². The van der Waals surface area contributed by atoms with Crippen molar-refractivity contribution in [1.29, 1.82) is 5.26 Å². The first-order valence-electron chi connectivity index (χ1n) is 1.54. The van der Waals surface area contributed by atoms with E-state index in [1.807, 2.05) is 5.32 Å². The molecule has 4 heteroatoms. The van der Waals surface area contributed by atoms with Gasteiger partial charge in [0, 0.05) is 0 Å². The quantitative estimate of drug-likeness (QED) is 0.371. The topological polar surface area (TPSA) is 52.9 Å². The van der Waals surface area contributed by atoms with E-state index >= 15 is 0 Å². The molecule has 0 aromatic carbocycles. The number of hydrogen-bond donors (Lipinski definition) is 1. The number of nitriles is 1. The van der Waals surface area contributed by atoms with Crippen molar-refractivity contribution in [2.24, 2.45) is 0 Å². The Balaban J connectivity index is 3.23. The zero-order chi connectivity index (χ0) is 5.70. The van der Waals surface area contributed by atoms with E-state index < -0.39 is 0 Å². The van der Waals surface area contributed by atoms with Crippen molar-refractivity contribution in [3.05, 3.63) is 0 Å². The lowest BCUT2D eigenvalue weighted by molar-refractivity contribution is 0.264. The van der Waals surface area contributed by atoms with E-state index in [4.69, 9.17) is 5.26 Å². The summed E-state index contributed by atoms with van der Waals surface area (Å²) in [6, 6.07) is 0. The summed E-state index contributed by atoms with van der Waals surface area (Å²) in [5.41, 5.74) is 0. The van der Waals surface area contributed by atoms with Crippen LogP contribution in [0.1, 0.15) is 0 Å². The van der Waals surface area contributed by atoms with Gasteiger partial charge < -0.3 is 0 Å². The maximum atomic E-state index is 10.0. The number of nitrogens with one attached hydrogen (secondary N) is 1. The molecule has 0 spiro atoms. The Morgan fingerprint density at radius 1 is 2.00 bits per heavy atom. The van der Waals surface area contributed by atoms with Crippen LogP contribution in [0, 0.1) is 11.5 Å². The van der Waals surface area contributed by atoms with Crippen molar-refractivity contribution in [3.8, 4) is 6.19 Å². The van der Waals surface area contributed by atoms with E-state index in [-0.39, 0.29) is 5.24 Å². The molecule has 38 valence electrons. The zero-order valence-electron chi connectivity index (χ0n) is 3.76. The normalized spacial score (nSPS) is 6.86. The molecule has 0 aliphatic rings. The number of thioether (sulfide) groups is 1. The average molecular weight is 116 g/mol. The van der Waals surface area contributed by atoms with E-state index in [0.717, 1.165) is 11.8 Å². The summed E-state index contributed by atoms with van der Waals surface area (Å²) in [6.45, 7) is 0. The van der Waals surface area contributed by atoms with Crippen molar-refractivity contribution in [3.63, 3.8) is 0 Å². The number of rotatable bonds is 0. The number of carbonyl (C=O) groups excluding carboxylic acids is 1. The summed E-state index contributed by atoms with van der Waals surface area (Å²) in [7, 11) is 0. The molecule has 0 aliphatic heterocycles. The van der Waals surface area contributed by atoms with Gasteiger partial charge in [0.05, 0.1) is 0 Å². The molecule has 0 radical (unpaired) electrons. The summed E-state index contributed by atoms with van der Waals surface area (Å²) in [5.74, 6) is 0. The maximum absolute atomic E-state index is 10.0. The molecule has 0 aromatic rings. The van der Waals surface area contributed by atoms with Gasteiger partial charge in [-0.1, -0.05) is 11.8 Å². The van der Waals surface area contributed by atoms with E-state index in [9.17, 15) is 4.79 Å². The standard InChI is InChI=1S/C3H4N2OS/c1-7-3(6)5-2-4/h1H3,(H,5,6). The Labute approximate surface area is 45.7 Å². The predicted octanol–water partition coefficient (Wildman–Crippen LogP) is 0.540. The van der Waals surface area contributed by atoms with E-state index in [1.165, 1.54) is 6.19 Å². The second kappa shape index (κ2) is 3.50. The molecule has 1 amide bonds. The van der Waals surface area contributed by atoms with Crippen LogP contribution in [0.25, 0.3) is 0 Å². The minimum atomic E-state index is -0.317. The van der Waals surface area contributed by atoms with E-state index in [0.29, 0.717) is 0 Å². The smallest absolute Gasteiger partial charge is 0.261 e. The van der Waals surface area contributed by atoms with Gasteiger partial charge >= 0.3 is 0 Å². The lowest BCUT2D eigenvalue weighted by Gasteiger charge is -1.83. The van der Waals surface area contributed by atoms with Crippen molar-refractivity contribution in [1.82, 2.24) is 5.32 Å². The second-order valence-corrected chi connectivity index (χ2v) is 1.51. The minimum absolute atomic E-state index is 0.317. The molecular weight excluding hydrogens is 112 g/mol. The molecule has 7 heavy (non-hydrogen) atoms. The SMILES string of the molecule is CSC(=O)NC#N.